The maximum atomic E-state index is 13.9. The Morgan fingerprint density at radius 3 is 2.49 bits per heavy atom. The molecule has 214 valence electrons. The lowest BCUT2D eigenvalue weighted by Crippen LogP contribution is -2.45. The molecular weight excluding hydrogens is 528 g/mol. The van der Waals surface area contributed by atoms with E-state index in [1.807, 2.05) is 0 Å². The number of amides is 1. The van der Waals surface area contributed by atoms with Gasteiger partial charge in [-0.15, -0.1) is 0 Å². The molecule has 2 aromatic rings. The van der Waals surface area contributed by atoms with Crippen molar-refractivity contribution in [3.8, 4) is 5.88 Å². The Morgan fingerprint density at radius 2 is 1.85 bits per heavy atom. The molecule has 0 spiro atoms. The van der Waals surface area contributed by atoms with Crippen LogP contribution in [0.2, 0.25) is 0 Å². The average Bonchev–Trinajstić information content (AvgIpc) is 3.30. The smallest absolute Gasteiger partial charge is 0.417 e. The number of hydrogen-bond acceptors (Lipinski definition) is 6. The van der Waals surface area contributed by atoms with Crippen molar-refractivity contribution in [2.45, 2.75) is 56.5 Å². The molecule has 1 aliphatic carbocycles. The van der Waals surface area contributed by atoms with Gasteiger partial charge < -0.3 is 19.9 Å². The van der Waals surface area contributed by atoms with Crippen molar-refractivity contribution < 1.29 is 35.9 Å². The van der Waals surface area contributed by atoms with Crippen LogP contribution < -0.4 is 15.0 Å². The number of pyridine rings is 2. The van der Waals surface area contributed by atoms with Crippen LogP contribution in [-0.2, 0) is 11.0 Å². The number of likely N-dealkylation sites (tertiary alicyclic amines) is 1. The zero-order valence-electron chi connectivity index (χ0n) is 21.8. The summed E-state index contributed by atoms with van der Waals surface area (Å²) < 4.78 is 86.9. The van der Waals surface area contributed by atoms with Crippen LogP contribution in [0.1, 0.15) is 49.3 Å². The van der Waals surface area contributed by atoms with Crippen molar-refractivity contribution in [1.82, 2.24) is 14.9 Å². The Balaban J connectivity index is 1.70. The van der Waals surface area contributed by atoms with E-state index in [9.17, 15) is 31.1 Å². The third-order valence-electron chi connectivity index (χ3n) is 7.42. The Bertz CT molecular complexity index is 1170. The van der Waals surface area contributed by atoms with Gasteiger partial charge in [0.25, 0.3) is 0 Å². The Hall–Kier alpha value is -3.25. The van der Waals surface area contributed by atoms with Crippen molar-refractivity contribution >= 4 is 17.4 Å². The highest BCUT2D eigenvalue weighted by Crippen LogP contribution is 2.45. The molecule has 1 amide bonds. The summed E-state index contributed by atoms with van der Waals surface area (Å²) in [5, 5.41) is 3.01. The lowest BCUT2D eigenvalue weighted by Gasteiger charge is -2.36. The van der Waals surface area contributed by atoms with Crippen LogP contribution in [0.3, 0.4) is 0 Å². The van der Waals surface area contributed by atoms with Crippen molar-refractivity contribution in [2.24, 2.45) is 11.8 Å². The van der Waals surface area contributed by atoms with Crippen LogP contribution >= 0.6 is 0 Å². The molecule has 2 unspecified atom stereocenters. The maximum absolute atomic E-state index is 13.9. The molecule has 4 atom stereocenters. The quantitative estimate of drug-likeness (QED) is 0.459. The first kappa shape index (κ1) is 28.8. The third kappa shape index (κ3) is 6.17. The molecule has 0 radical (unpaired) electrons. The maximum Gasteiger partial charge on any atom is 0.417 e. The summed E-state index contributed by atoms with van der Waals surface area (Å²) in [5.74, 6) is -3.07. The number of anilines is 2. The van der Waals surface area contributed by atoms with Crippen LogP contribution in [0.15, 0.2) is 30.6 Å². The fourth-order valence-corrected chi connectivity index (χ4v) is 5.65. The number of nitrogens with zero attached hydrogens (tertiary/aromatic N) is 4. The first-order chi connectivity index (χ1) is 18.3. The fraction of sp³-hybridized carbons (Fsp3) is 0.577. The standard InChI is InChI=1S/C26H31F6N5O2/c1-36(2)22-18(8-6-10-33-22)21-12-16(35-20-11-15(25(27,28)29)13-34-23(20)39-3)14-37(21)24(38)17-7-4-5-9-19(17)26(30,31)32/h6,8,10-11,13,16-17,19,21,35H,4-5,7,9,12,14H2,1-3H3/t16?,17-,19-,21?/m0/s1. The molecule has 1 N–H and O–H groups in total. The van der Waals surface area contributed by atoms with E-state index < -0.39 is 47.7 Å². The molecule has 7 nitrogen and oxygen atoms in total. The Kier molecular flexibility index (Phi) is 8.17. The number of hydrogen-bond donors (Lipinski definition) is 1. The molecule has 2 aromatic heterocycles. The molecule has 1 aliphatic heterocycles. The molecule has 0 bridgehead atoms. The second kappa shape index (κ2) is 11.1. The SMILES string of the molecule is COc1ncc(C(F)(F)F)cc1NC1CC(c2cccnc2N(C)C)N(C(=O)[C@H]2CCCC[C@@H]2C(F)(F)F)C1. The van der Waals surface area contributed by atoms with Gasteiger partial charge in [0.05, 0.1) is 30.3 Å². The van der Waals surface area contributed by atoms with Crippen LogP contribution in [-0.4, -0.2) is 60.7 Å². The first-order valence-corrected chi connectivity index (χ1v) is 12.7. The van der Waals surface area contributed by atoms with Gasteiger partial charge in [-0.1, -0.05) is 18.9 Å². The number of rotatable bonds is 6. The number of alkyl halides is 6. The van der Waals surface area contributed by atoms with E-state index in [2.05, 4.69) is 15.3 Å². The minimum absolute atomic E-state index is 0.00819. The van der Waals surface area contributed by atoms with E-state index in [0.29, 0.717) is 30.4 Å². The van der Waals surface area contributed by atoms with Gasteiger partial charge in [0.2, 0.25) is 11.8 Å². The van der Waals surface area contributed by atoms with E-state index in [0.717, 1.165) is 6.07 Å². The summed E-state index contributed by atoms with van der Waals surface area (Å²) in [6.45, 7) is -0.00819. The summed E-state index contributed by atoms with van der Waals surface area (Å²) in [6, 6.07) is 3.11. The van der Waals surface area contributed by atoms with Gasteiger partial charge in [0, 0.05) is 50.6 Å². The van der Waals surface area contributed by atoms with E-state index in [-0.39, 0.29) is 37.4 Å². The number of ether oxygens (including phenoxy) is 1. The summed E-state index contributed by atoms with van der Waals surface area (Å²) in [4.78, 5) is 25.1. The summed E-state index contributed by atoms with van der Waals surface area (Å²) in [5.41, 5.74) is -0.352. The van der Waals surface area contributed by atoms with Gasteiger partial charge >= 0.3 is 12.4 Å². The highest BCUT2D eigenvalue weighted by molar-refractivity contribution is 5.81. The number of carbonyl (C=O) groups is 1. The second-order valence-corrected chi connectivity index (χ2v) is 10.2. The van der Waals surface area contributed by atoms with Crippen LogP contribution in [0, 0.1) is 11.8 Å². The van der Waals surface area contributed by atoms with Gasteiger partial charge in [-0.05, 0) is 31.4 Å². The summed E-state index contributed by atoms with van der Waals surface area (Å²) in [7, 11) is 4.80. The number of aromatic nitrogens is 2. The predicted molar refractivity (Wildman–Crippen MR) is 132 cm³/mol. The molecule has 1 saturated carbocycles. The molecule has 0 aromatic carbocycles. The molecule has 2 fully saturated rings. The largest absolute Gasteiger partial charge is 0.480 e. The van der Waals surface area contributed by atoms with Crippen molar-refractivity contribution in [2.75, 3.05) is 38.0 Å². The van der Waals surface area contributed by atoms with Gasteiger partial charge in [0.15, 0.2) is 0 Å². The molecule has 13 heteroatoms. The fourth-order valence-electron chi connectivity index (χ4n) is 5.65. The Labute approximate surface area is 222 Å². The minimum Gasteiger partial charge on any atom is -0.480 e. The number of methoxy groups -OCH3 is 1. The van der Waals surface area contributed by atoms with E-state index in [4.69, 9.17) is 4.74 Å². The normalized spacial score (nSPS) is 24.0. The lowest BCUT2D eigenvalue weighted by atomic mass is 9.77. The predicted octanol–water partition coefficient (Wildman–Crippen LogP) is 5.69. The van der Waals surface area contributed by atoms with E-state index in [1.54, 1.807) is 37.3 Å². The number of carbonyl (C=O) groups excluding carboxylic acids is 1. The topological polar surface area (TPSA) is 70.6 Å². The Morgan fingerprint density at radius 1 is 1.13 bits per heavy atom. The minimum atomic E-state index is -4.64. The molecule has 2 aliphatic rings. The van der Waals surface area contributed by atoms with Gasteiger partial charge in [-0.2, -0.15) is 26.3 Å². The van der Waals surface area contributed by atoms with E-state index in [1.165, 1.54) is 12.0 Å². The number of nitrogens with one attached hydrogen (secondary N) is 1. The van der Waals surface area contributed by atoms with Gasteiger partial charge in [0.1, 0.15) is 5.82 Å². The van der Waals surface area contributed by atoms with Crippen LogP contribution in [0.25, 0.3) is 0 Å². The average molecular weight is 560 g/mol. The molecule has 39 heavy (non-hydrogen) atoms. The van der Waals surface area contributed by atoms with Crippen molar-refractivity contribution in [3.05, 3.63) is 41.7 Å². The number of halogens is 6. The second-order valence-electron chi connectivity index (χ2n) is 10.2. The van der Waals surface area contributed by atoms with Gasteiger partial charge in [-0.25, -0.2) is 9.97 Å². The van der Waals surface area contributed by atoms with Crippen molar-refractivity contribution in [3.63, 3.8) is 0 Å². The van der Waals surface area contributed by atoms with Crippen molar-refractivity contribution in [1.29, 1.82) is 0 Å². The molecule has 4 rings (SSSR count). The summed E-state index contributed by atoms with van der Waals surface area (Å²) >= 11 is 0. The van der Waals surface area contributed by atoms with E-state index >= 15 is 0 Å². The summed E-state index contributed by atoms with van der Waals surface area (Å²) in [6.07, 6.45) is -5.73. The van der Waals surface area contributed by atoms with Crippen LogP contribution in [0.5, 0.6) is 5.88 Å². The lowest BCUT2D eigenvalue weighted by molar-refractivity contribution is -0.201. The zero-order chi connectivity index (χ0) is 28.5. The zero-order valence-corrected chi connectivity index (χ0v) is 21.8. The monoisotopic (exact) mass is 559 g/mol. The van der Waals surface area contributed by atoms with Gasteiger partial charge in [-0.3, -0.25) is 4.79 Å². The molecule has 3 heterocycles. The highest BCUT2D eigenvalue weighted by atomic mass is 19.4. The third-order valence-corrected chi connectivity index (χ3v) is 7.42. The molecule has 1 saturated heterocycles. The molecular formula is C26H31F6N5O2. The first-order valence-electron chi connectivity index (χ1n) is 12.7. The highest BCUT2D eigenvalue weighted by Gasteiger charge is 2.51. The van der Waals surface area contributed by atoms with Crippen LogP contribution in [0.4, 0.5) is 37.8 Å².